The van der Waals surface area contributed by atoms with E-state index in [2.05, 4.69) is 38.1 Å². The highest BCUT2D eigenvalue weighted by atomic mass is 16.5. The summed E-state index contributed by atoms with van der Waals surface area (Å²) in [5.41, 5.74) is 2.98. The molecular formula is C24H38O4. The molecule has 2 fully saturated rings. The summed E-state index contributed by atoms with van der Waals surface area (Å²) in [6, 6.07) is 8.64. The van der Waals surface area contributed by atoms with E-state index in [-0.39, 0.29) is 10.8 Å². The summed E-state index contributed by atoms with van der Waals surface area (Å²) >= 11 is 0. The van der Waals surface area contributed by atoms with Crippen LogP contribution in [-0.4, -0.2) is 39.6 Å². The Morgan fingerprint density at radius 1 is 0.714 bits per heavy atom. The minimum Gasteiger partial charge on any atom is -0.380 e. The third-order valence-corrected chi connectivity index (χ3v) is 6.13. The van der Waals surface area contributed by atoms with Crippen molar-refractivity contribution in [2.75, 3.05) is 39.6 Å². The lowest BCUT2D eigenvalue weighted by Gasteiger charge is -2.41. The predicted octanol–water partition coefficient (Wildman–Crippen LogP) is 5.13. The molecule has 2 heterocycles. The van der Waals surface area contributed by atoms with E-state index < -0.39 is 0 Å². The molecule has 1 aromatic carbocycles. The van der Waals surface area contributed by atoms with E-state index in [0.29, 0.717) is 13.2 Å². The largest absolute Gasteiger partial charge is 0.380 e. The smallest absolute Gasteiger partial charge is 0.0717 e. The number of hydrogen-bond acceptors (Lipinski definition) is 4. The molecule has 1 aromatic rings. The van der Waals surface area contributed by atoms with Gasteiger partial charge in [-0.05, 0) is 24.0 Å². The molecule has 0 atom stereocenters. The van der Waals surface area contributed by atoms with Crippen LogP contribution in [0.3, 0.4) is 0 Å². The van der Waals surface area contributed by atoms with Crippen LogP contribution in [0.15, 0.2) is 24.3 Å². The van der Waals surface area contributed by atoms with Gasteiger partial charge in [-0.25, -0.2) is 0 Å². The second-order valence-electron chi connectivity index (χ2n) is 8.99. The summed E-state index contributed by atoms with van der Waals surface area (Å²) in [6.07, 6.45) is 7.41. The van der Waals surface area contributed by atoms with E-state index in [1.807, 2.05) is 0 Å². The summed E-state index contributed by atoms with van der Waals surface area (Å²) in [5.74, 6) is 0. The van der Waals surface area contributed by atoms with Crippen molar-refractivity contribution < 1.29 is 18.9 Å². The monoisotopic (exact) mass is 390 g/mol. The maximum absolute atomic E-state index is 6.02. The van der Waals surface area contributed by atoms with Crippen molar-refractivity contribution in [2.45, 2.75) is 65.6 Å². The van der Waals surface area contributed by atoms with E-state index in [1.54, 1.807) is 0 Å². The molecule has 2 aliphatic rings. The zero-order chi connectivity index (χ0) is 19.7. The first-order valence-corrected chi connectivity index (χ1v) is 11.1. The van der Waals surface area contributed by atoms with Crippen LogP contribution in [0.2, 0.25) is 0 Å². The Bertz CT molecular complexity index is 509. The molecule has 0 bridgehead atoms. The second kappa shape index (κ2) is 10.7. The quantitative estimate of drug-likeness (QED) is 0.441. The third-order valence-electron chi connectivity index (χ3n) is 6.13. The number of rotatable bonds is 14. The standard InChI is InChI=1S/C24H38O4/c1-3-5-11-23(17-27-18-23)15-25-13-21-7-9-22(10-8-21)14-26-16-24(12-6-4-2)19-28-20-24/h7-10H,3-6,11-20H2,1-2H3. The Balaban J connectivity index is 1.35. The summed E-state index contributed by atoms with van der Waals surface area (Å²) in [4.78, 5) is 0. The predicted molar refractivity (Wildman–Crippen MR) is 111 cm³/mol. The van der Waals surface area contributed by atoms with Gasteiger partial charge in [0.2, 0.25) is 0 Å². The van der Waals surface area contributed by atoms with E-state index in [9.17, 15) is 0 Å². The fraction of sp³-hybridized carbons (Fsp3) is 0.750. The highest BCUT2D eigenvalue weighted by molar-refractivity contribution is 5.21. The lowest BCUT2D eigenvalue weighted by molar-refractivity contribution is -0.155. The zero-order valence-electron chi connectivity index (χ0n) is 17.8. The average Bonchev–Trinajstić information content (AvgIpc) is 2.66. The summed E-state index contributed by atoms with van der Waals surface area (Å²) in [5, 5.41) is 0. The van der Waals surface area contributed by atoms with Crippen LogP contribution < -0.4 is 0 Å². The lowest BCUT2D eigenvalue weighted by atomic mass is 9.82. The van der Waals surface area contributed by atoms with Gasteiger partial charge in [0, 0.05) is 10.8 Å². The van der Waals surface area contributed by atoms with Crippen molar-refractivity contribution in [3.63, 3.8) is 0 Å². The fourth-order valence-corrected chi connectivity index (χ4v) is 3.99. The van der Waals surface area contributed by atoms with Crippen molar-refractivity contribution in [1.29, 1.82) is 0 Å². The molecule has 0 unspecified atom stereocenters. The van der Waals surface area contributed by atoms with Gasteiger partial charge in [0.1, 0.15) is 0 Å². The van der Waals surface area contributed by atoms with Crippen LogP contribution in [-0.2, 0) is 32.2 Å². The van der Waals surface area contributed by atoms with Gasteiger partial charge in [-0.15, -0.1) is 0 Å². The minimum atomic E-state index is 0.267. The molecule has 28 heavy (non-hydrogen) atoms. The molecule has 4 nitrogen and oxygen atoms in total. The highest BCUT2D eigenvalue weighted by Crippen LogP contribution is 2.34. The second-order valence-corrected chi connectivity index (χ2v) is 8.99. The van der Waals surface area contributed by atoms with Crippen molar-refractivity contribution >= 4 is 0 Å². The molecule has 0 radical (unpaired) electrons. The molecule has 0 spiro atoms. The maximum Gasteiger partial charge on any atom is 0.0717 e. The first-order valence-electron chi connectivity index (χ1n) is 11.1. The molecular weight excluding hydrogens is 352 g/mol. The number of hydrogen-bond donors (Lipinski definition) is 0. The Kier molecular flexibility index (Phi) is 8.34. The van der Waals surface area contributed by atoms with Gasteiger partial charge < -0.3 is 18.9 Å². The Morgan fingerprint density at radius 2 is 1.11 bits per heavy atom. The molecule has 0 N–H and O–H groups in total. The Hall–Kier alpha value is -0.940. The van der Waals surface area contributed by atoms with Crippen molar-refractivity contribution in [2.24, 2.45) is 10.8 Å². The number of benzene rings is 1. The zero-order valence-corrected chi connectivity index (χ0v) is 17.8. The van der Waals surface area contributed by atoms with Gasteiger partial charge in [0.15, 0.2) is 0 Å². The van der Waals surface area contributed by atoms with Crippen LogP contribution in [0.25, 0.3) is 0 Å². The lowest BCUT2D eigenvalue weighted by Crippen LogP contribution is -2.46. The average molecular weight is 391 g/mol. The number of unbranched alkanes of at least 4 members (excludes halogenated alkanes) is 2. The first kappa shape index (κ1) is 21.8. The number of ether oxygens (including phenoxy) is 4. The van der Waals surface area contributed by atoms with Gasteiger partial charge in [0.25, 0.3) is 0 Å². The molecule has 0 aliphatic carbocycles. The van der Waals surface area contributed by atoms with Crippen LogP contribution in [0.5, 0.6) is 0 Å². The van der Waals surface area contributed by atoms with Crippen LogP contribution >= 0.6 is 0 Å². The normalized spacial score (nSPS) is 19.8. The highest BCUT2D eigenvalue weighted by Gasteiger charge is 2.38. The van der Waals surface area contributed by atoms with E-state index in [1.165, 1.54) is 49.7 Å². The van der Waals surface area contributed by atoms with E-state index >= 15 is 0 Å². The maximum atomic E-state index is 6.02. The minimum absolute atomic E-state index is 0.267. The molecule has 2 saturated heterocycles. The first-order chi connectivity index (χ1) is 13.7. The molecule has 158 valence electrons. The van der Waals surface area contributed by atoms with E-state index in [4.69, 9.17) is 18.9 Å². The van der Waals surface area contributed by atoms with Gasteiger partial charge in [-0.3, -0.25) is 0 Å². The van der Waals surface area contributed by atoms with Crippen LogP contribution in [0.1, 0.15) is 63.5 Å². The Morgan fingerprint density at radius 3 is 1.39 bits per heavy atom. The molecule has 0 amide bonds. The van der Waals surface area contributed by atoms with Crippen LogP contribution in [0.4, 0.5) is 0 Å². The van der Waals surface area contributed by atoms with Gasteiger partial charge in [-0.2, -0.15) is 0 Å². The molecule has 3 rings (SSSR count). The van der Waals surface area contributed by atoms with Crippen molar-refractivity contribution in [1.82, 2.24) is 0 Å². The topological polar surface area (TPSA) is 36.9 Å². The van der Waals surface area contributed by atoms with Crippen molar-refractivity contribution in [3.05, 3.63) is 35.4 Å². The third kappa shape index (κ3) is 6.03. The summed E-state index contributed by atoms with van der Waals surface area (Å²) in [7, 11) is 0. The molecule has 4 heteroatoms. The SMILES string of the molecule is CCCCC1(COCc2ccc(COCC3(CCCC)COC3)cc2)COC1. The van der Waals surface area contributed by atoms with Gasteiger partial charge in [-0.1, -0.05) is 63.8 Å². The molecule has 0 aromatic heterocycles. The summed E-state index contributed by atoms with van der Waals surface area (Å²) in [6.45, 7) is 10.9. The van der Waals surface area contributed by atoms with Gasteiger partial charge >= 0.3 is 0 Å². The van der Waals surface area contributed by atoms with Gasteiger partial charge in [0.05, 0.1) is 52.9 Å². The van der Waals surface area contributed by atoms with Crippen molar-refractivity contribution in [3.8, 4) is 0 Å². The molecule has 0 saturated carbocycles. The summed E-state index contributed by atoms with van der Waals surface area (Å²) < 4.78 is 22.9. The fourth-order valence-electron chi connectivity index (χ4n) is 3.99. The Labute approximate surface area is 170 Å². The van der Waals surface area contributed by atoms with Crippen LogP contribution in [0, 0.1) is 10.8 Å². The molecule has 2 aliphatic heterocycles. The van der Waals surface area contributed by atoms with E-state index in [0.717, 1.165) is 39.6 Å².